The molecule has 0 bridgehead atoms. The number of Topliss-reactive ketones (excluding diaryl/α,β-unsaturated/α-hetero) is 1. The molecule has 4 heteroatoms. The molecule has 1 aliphatic rings. The zero-order chi connectivity index (χ0) is 14.0. The highest BCUT2D eigenvalue weighted by Gasteiger charge is 2.25. The molecule has 2 heterocycles. The van der Waals surface area contributed by atoms with E-state index in [0.29, 0.717) is 12.5 Å². The number of aliphatic hydroxyl groups is 1. The summed E-state index contributed by atoms with van der Waals surface area (Å²) in [5, 5.41) is 9.14. The molecule has 0 radical (unpaired) electrons. The van der Waals surface area contributed by atoms with Gasteiger partial charge in [-0.2, -0.15) is 0 Å². The van der Waals surface area contributed by atoms with Gasteiger partial charge in [-0.15, -0.1) is 0 Å². The van der Waals surface area contributed by atoms with Crippen molar-refractivity contribution in [1.82, 2.24) is 9.47 Å². The van der Waals surface area contributed by atoms with Gasteiger partial charge in [0.2, 0.25) is 0 Å². The summed E-state index contributed by atoms with van der Waals surface area (Å²) in [4.78, 5) is 14.5. The highest BCUT2D eigenvalue weighted by molar-refractivity contribution is 5.99. The van der Waals surface area contributed by atoms with Crippen LogP contribution >= 0.6 is 0 Å². The molecule has 1 atom stereocenters. The minimum atomic E-state index is 0.200. The van der Waals surface area contributed by atoms with Gasteiger partial charge < -0.3 is 9.67 Å². The van der Waals surface area contributed by atoms with E-state index >= 15 is 0 Å². The molecular weight excluding hydrogens is 240 g/mol. The summed E-state index contributed by atoms with van der Waals surface area (Å²) in [6.45, 7) is 9.54. The van der Waals surface area contributed by atoms with Crippen molar-refractivity contribution in [2.75, 3.05) is 26.2 Å². The molecule has 1 aromatic heterocycles. The Labute approximate surface area is 115 Å². The molecule has 19 heavy (non-hydrogen) atoms. The average Bonchev–Trinajstić information content (AvgIpc) is 2.94. The van der Waals surface area contributed by atoms with E-state index in [2.05, 4.69) is 16.4 Å². The molecule has 4 nitrogen and oxygen atoms in total. The third-order valence-electron chi connectivity index (χ3n) is 4.19. The first-order valence-electron chi connectivity index (χ1n) is 7.10. The van der Waals surface area contributed by atoms with Gasteiger partial charge in [0.25, 0.3) is 0 Å². The maximum absolute atomic E-state index is 12.4. The lowest BCUT2D eigenvalue weighted by molar-refractivity contribution is 0.0939. The Morgan fingerprint density at radius 3 is 2.74 bits per heavy atom. The highest BCUT2D eigenvalue weighted by Crippen LogP contribution is 2.19. The van der Waals surface area contributed by atoms with Crippen LogP contribution in [0.5, 0.6) is 0 Å². The predicted octanol–water partition coefficient (Wildman–Crippen LogP) is 1.62. The predicted molar refractivity (Wildman–Crippen MR) is 75.5 cm³/mol. The van der Waals surface area contributed by atoms with E-state index in [0.717, 1.165) is 43.0 Å². The van der Waals surface area contributed by atoms with Crippen LogP contribution in [0.4, 0.5) is 0 Å². The molecule has 1 aromatic rings. The second kappa shape index (κ2) is 5.88. The van der Waals surface area contributed by atoms with Crippen molar-refractivity contribution in [3.05, 3.63) is 23.0 Å². The van der Waals surface area contributed by atoms with Crippen molar-refractivity contribution in [2.24, 2.45) is 5.92 Å². The lowest BCUT2D eigenvalue weighted by Crippen LogP contribution is -2.28. The van der Waals surface area contributed by atoms with Gasteiger partial charge in [-0.3, -0.25) is 9.69 Å². The van der Waals surface area contributed by atoms with Gasteiger partial charge in [-0.05, 0) is 45.7 Å². The zero-order valence-electron chi connectivity index (χ0n) is 12.1. The smallest absolute Gasteiger partial charge is 0.178 e. The van der Waals surface area contributed by atoms with Crippen LogP contribution in [0.2, 0.25) is 0 Å². The first-order chi connectivity index (χ1) is 9.06. The van der Waals surface area contributed by atoms with Crippen LogP contribution in [0.1, 0.15) is 35.1 Å². The van der Waals surface area contributed by atoms with Crippen LogP contribution in [0, 0.1) is 19.8 Å². The Morgan fingerprint density at radius 1 is 1.47 bits per heavy atom. The summed E-state index contributed by atoms with van der Waals surface area (Å²) in [6.07, 6.45) is 0.998. The number of hydrogen-bond acceptors (Lipinski definition) is 3. The molecule has 1 unspecified atom stereocenters. The molecule has 1 fully saturated rings. The summed E-state index contributed by atoms with van der Waals surface area (Å²) in [5.74, 6) is 0.544. The minimum Gasteiger partial charge on any atom is -0.396 e. The third kappa shape index (κ3) is 2.90. The standard InChI is InChI=1S/C15H24N2O2/c1-4-17-11(2)7-14(12(17)3)15(19)9-16-6-5-13(8-16)10-18/h7,13,18H,4-6,8-10H2,1-3H3. The van der Waals surface area contributed by atoms with Gasteiger partial charge >= 0.3 is 0 Å². The topological polar surface area (TPSA) is 45.5 Å². The number of aromatic nitrogens is 1. The normalized spacial score (nSPS) is 20.1. The maximum atomic E-state index is 12.4. The molecule has 106 valence electrons. The maximum Gasteiger partial charge on any atom is 0.178 e. The fourth-order valence-corrected chi connectivity index (χ4v) is 3.06. The molecule has 0 amide bonds. The molecule has 0 saturated carbocycles. The van der Waals surface area contributed by atoms with Crippen LogP contribution in [0.25, 0.3) is 0 Å². The Kier molecular flexibility index (Phi) is 4.42. The average molecular weight is 264 g/mol. The van der Waals surface area contributed by atoms with Crippen LogP contribution in [-0.2, 0) is 6.54 Å². The lowest BCUT2D eigenvalue weighted by Gasteiger charge is -2.14. The monoisotopic (exact) mass is 264 g/mol. The van der Waals surface area contributed by atoms with E-state index in [-0.39, 0.29) is 12.4 Å². The van der Waals surface area contributed by atoms with Gasteiger partial charge in [0.15, 0.2) is 5.78 Å². The minimum absolute atomic E-state index is 0.200. The van der Waals surface area contributed by atoms with Crippen molar-refractivity contribution in [3.8, 4) is 0 Å². The second-order valence-corrected chi connectivity index (χ2v) is 5.52. The van der Waals surface area contributed by atoms with Crippen molar-refractivity contribution in [2.45, 2.75) is 33.7 Å². The number of aliphatic hydroxyl groups excluding tert-OH is 1. The van der Waals surface area contributed by atoms with Crippen molar-refractivity contribution in [1.29, 1.82) is 0 Å². The zero-order valence-corrected chi connectivity index (χ0v) is 12.1. The summed E-state index contributed by atoms with van der Waals surface area (Å²) in [6, 6.07) is 2.00. The molecule has 1 aliphatic heterocycles. The number of carbonyl (C=O) groups excluding carboxylic acids is 1. The van der Waals surface area contributed by atoms with E-state index in [9.17, 15) is 4.79 Å². The number of rotatable bonds is 5. The number of likely N-dealkylation sites (tertiary alicyclic amines) is 1. The van der Waals surface area contributed by atoms with E-state index in [1.165, 1.54) is 0 Å². The van der Waals surface area contributed by atoms with E-state index in [1.54, 1.807) is 0 Å². The molecule has 0 aromatic carbocycles. The number of nitrogens with zero attached hydrogens (tertiary/aromatic N) is 2. The summed E-state index contributed by atoms with van der Waals surface area (Å²) in [7, 11) is 0. The van der Waals surface area contributed by atoms with Crippen LogP contribution in [-0.4, -0.2) is 46.6 Å². The second-order valence-electron chi connectivity index (χ2n) is 5.52. The van der Waals surface area contributed by atoms with Crippen LogP contribution in [0.15, 0.2) is 6.07 Å². The molecule has 1 N–H and O–H groups in total. The van der Waals surface area contributed by atoms with Crippen molar-refractivity contribution >= 4 is 5.78 Å². The molecule has 1 saturated heterocycles. The van der Waals surface area contributed by atoms with E-state index in [4.69, 9.17) is 5.11 Å². The number of ketones is 1. The van der Waals surface area contributed by atoms with E-state index < -0.39 is 0 Å². The number of carbonyl (C=O) groups is 1. The quantitative estimate of drug-likeness (QED) is 0.822. The van der Waals surface area contributed by atoms with Crippen LogP contribution in [0.3, 0.4) is 0 Å². The SMILES string of the molecule is CCn1c(C)cc(C(=O)CN2CCC(CO)C2)c1C. The van der Waals surface area contributed by atoms with Gasteiger partial charge in [-0.25, -0.2) is 0 Å². The lowest BCUT2D eigenvalue weighted by atomic mass is 10.1. The Bertz CT molecular complexity index is 465. The Hall–Kier alpha value is -1.13. The first kappa shape index (κ1) is 14.3. The molecule has 0 spiro atoms. The molecule has 0 aliphatic carbocycles. The van der Waals surface area contributed by atoms with Crippen LogP contribution < -0.4 is 0 Å². The number of aryl methyl sites for hydroxylation is 1. The fraction of sp³-hybridized carbons (Fsp3) is 0.667. The van der Waals surface area contributed by atoms with Crippen molar-refractivity contribution in [3.63, 3.8) is 0 Å². The fourth-order valence-electron chi connectivity index (χ4n) is 3.06. The van der Waals surface area contributed by atoms with E-state index in [1.807, 2.05) is 19.9 Å². The highest BCUT2D eigenvalue weighted by atomic mass is 16.3. The largest absolute Gasteiger partial charge is 0.396 e. The summed E-state index contributed by atoms with van der Waals surface area (Å²) >= 11 is 0. The van der Waals surface area contributed by atoms with Gasteiger partial charge in [-0.1, -0.05) is 0 Å². The molecule has 2 rings (SSSR count). The number of hydrogen-bond donors (Lipinski definition) is 1. The third-order valence-corrected chi connectivity index (χ3v) is 4.19. The van der Waals surface area contributed by atoms with Gasteiger partial charge in [0.05, 0.1) is 6.54 Å². The Morgan fingerprint density at radius 2 is 2.21 bits per heavy atom. The Balaban J connectivity index is 2.05. The first-order valence-corrected chi connectivity index (χ1v) is 7.10. The van der Waals surface area contributed by atoms with Crippen molar-refractivity contribution < 1.29 is 9.90 Å². The summed E-state index contributed by atoms with van der Waals surface area (Å²) < 4.78 is 2.17. The summed E-state index contributed by atoms with van der Waals surface area (Å²) in [5.41, 5.74) is 3.08. The van der Waals surface area contributed by atoms with Gasteiger partial charge in [0.1, 0.15) is 0 Å². The molecular formula is C15H24N2O2. The van der Waals surface area contributed by atoms with Gasteiger partial charge in [0, 0.05) is 36.6 Å².